The highest BCUT2D eigenvalue weighted by atomic mass is 35.5. The second-order valence-corrected chi connectivity index (χ2v) is 20.8. The number of benzene rings is 2. The van der Waals surface area contributed by atoms with E-state index in [1.807, 2.05) is 74.5 Å². The van der Waals surface area contributed by atoms with Gasteiger partial charge in [-0.1, -0.05) is 86.1 Å². The Bertz CT molecular complexity index is 2550. The molecule has 2 aromatic carbocycles. The van der Waals surface area contributed by atoms with Crippen LogP contribution in [0, 0.1) is 11.8 Å². The van der Waals surface area contributed by atoms with E-state index >= 15 is 0 Å². The van der Waals surface area contributed by atoms with Gasteiger partial charge in [0, 0.05) is 37.3 Å². The maximum Gasteiger partial charge on any atom is 0.408 e. The zero-order valence-electron chi connectivity index (χ0n) is 47.2. The van der Waals surface area contributed by atoms with Crippen molar-refractivity contribution in [2.75, 3.05) is 69.0 Å². The fraction of sp³-hybridized carbons (Fsp3) is 0.536. The van der Waals surface area contributed by atoms with Crippen LogP contribution >= 0.6 is 11.6 Å². The molecule has 23 heteroatoms. The summed E-state index contributed by atoms with van der Waals surface area (Å²) in [5, 5.41) is 14.9. The van der Waals surface area contributed by atoms with Gasteiger partial charge in [-0.05, 0) is 104 Å². The maximum absolute atomic E-state index is 13.0. The molecule has 4 aromatic rings. The third-order valence-electron chi connectivity index (χ3n) is 12.1. The van der Waals surface area contributed by atoms with Gasteiger partial charge in [-0.15, -0.1) is 0 Å². The third kappa shape index (κ3) is 22.9. The van der Waals surface area contributed by atoms with Crippen molar-refractivity contribution in [3.8, 4) is 0 Å². The fourth-order valence-electron chi connectivity index (χ4n) is 8.07. The zero-order chi connectivity index (χ0) is 58.0. The standard InChI is InChI=1S/C28H39N5O6.C21H27ClN4O4.C7H13NO2/c1-6-21-23(30-18-31-24(21)33-14-12-20(13-15-33)25(34)37-5)29-16-22(26(35)39-28(2,3)4)32-27(36)38-17-19-10-8-7-9-11-19;1-5-15-17(22)24-13-25-18(15)23-11-16(19(27)30-21(2,3)4)26-20(28)29-12-14-9-7-6-8-10-14;1-10-7(9)6-2-4-8-5-3-6/h7-11,18,20,22H,6,12-17H2,1-5H3,(H,32,36)(H,29,30,31);6-10,13,16H,5,11-12H2,1-4H3,(H,26,28)(H,23,24,25);6,8H,2-5H2,1H3. The molecular formula is C56H79ClN10O12. The number of carbonyl (C=O) groups excluding carboxylic acids is 6. The number of amides is 2. The Kier molecular flexibility index (Phi) is 26.4. The van der Waals surface area contributed by atoms with Crippen LogP contribution in [-0.4, -0.2) is 133 Å². The predicted molar refractivity (Wildman–Crippen MR) is 298 cm³/mol. The molecule has 2 aliphatic rings. The van der Waals surface area contributed by atoms with Crippen molar-refractivity contribution < 1.29 is 57.2 Å². The summed E-state index contributed by atoms with van der Waals surface area (Å²) in [6.07, 6.45) is 5.78. The SMILES string of the molecule is CCc1c(Cl)ncnc1NCC(NC(=O)OCc1ccccc1)C(=O)OC(C)(C)C.CCc1c(NCC(NC(=O)OCc2ccccc2)C(=O)OC(C)(C)C)ncnc1N1CCC(C(=O)OC)CC1.COC(=O)C1CCNCC1. The van der Waals surface area contributed by atoms with Crippen LogP contribution in [0.2, 0.25) is 5.15 Å². The molecule has 2 unspecified atom stereocenters. The number of hydrogen-bond donors (Lipinski definition) is 5. The molecule has 79 heavy (non-hydrogen) atoms. The summed E-state index contributed by atoms with van der Waals surface area (Å²) in [6.45, 7) is 17.9. The second-order valence-electron chi connectivity index (χ2n) is 20.4. The molecule has 0 radical (unpaired) electrons. The van der Waals surface area contributed by atoms with E-state index in [1.54, 1.807) is 41.5 Å². The van der Waals surface area contributed by atoms with Crippen molar-refractivity contribution in [1.82, 2.24) is 35.9 Å². The molecule has 2 fully saturated rings. The highest BCUT2D eigenvalue weighted by Crippen LogP contribution is 2.29. The number of halogens is 1. The number of methoxy groups -OCH3 is 2. The first kappa shape index (κ1) is 64.2. The van der Waals surface area contributed by atoms with Gasteiger partial charge >= 0.3 is 36.1 Å². The molecule has 0 spiro atoms. The van der Waals surface area contributed by atoms with Gasteiger partial charge in [-0.2, -0.15) is 0 Å². The molecular weight excluding hydrogens is 1040 g/mol. The van der Waals surface area contributed by atoms with E-state index in [1.165, 1.54) is 26.9 Å². The number of nitrogens with zero attached hydrogens (tertiary/aromatic N) is 5. The Hall–Kier alpha value is -7.33. The van der Waals surface area contributed by atoms with Crippen molar-refractivity contribution in [2.24, 2.45) is 11.8 Å². The van der Waals surface area contributed by atoms with Gasteiger partial charge in [0.15, 0.2) is 0 Å². The van der Waals surface area contributed by atoms with E-state index in [4.69, 9.17) is 35.3 Å². The Morgan fingerprint density at radius 3 is 1.46 bits per heavy atom. The Labute approximate surface area is 468 Å². The summed E-state index contributed by atoms with van der Waals surface area (Å²) in [5.41, 5.74) is 1.81. The molecule has 2 amide bonds. The van der Waals surface area contributed by atoms with Crippen LogP contribution in [0.1, 0.15) is 103 Å². The summed E-state index contributed by atoms with van der Waals surface area (Å²) in [5.74, 6) is 0.441. The number of nitrogens with one attached hydrogen (secondary N) is 5. The highest BCUT2D eigenvalue weighted by Gasteiger charge is 2.31. The van der Waals surface area contributed by atoms with Crippen LogP contribution in [0.25, 0.3) is 0 Å². The minimum Gasteiger partial charge on any atom is -0.469 e. The van der Waals surface area contributed by atoms with Crippen molar-refractivity contribution in [2.45, 2.75) is 130 Å². The first-order valence-electron chi connectivity index (χ1n) is 26.5. The lowest BCUT2D eigenvalue weighted by atomic mass is 9.96. The largest absolute Gasteiger partial charge is 0.469 e. The number of hydrogen-bond acceptors (Lipinski definition) is 20. The number of ether oxygens (including phenoxy) is 6. The zero-order valence-corrected chi connectivity index (χ0v) is 47.9. The lowest BCUT2D eigenvalue weighted by Crippen LogP contribution is -2.48. The molecule has 0 saturated carbocycles. The Morgan fingerprint density at radius 2 is 1.04 bits per heavy atom. The van der Waals surface area contributed by atoms with Gasteiger partial charge in [0.25, 0.3) is 0 Å². The van der Waals surface area contributed by atoms with Crippen LogP contribution in [0.5, 0.6) is 0 Å². The minimum absolute atomic E-state index is 0.0310. The van der Waals surface area contributed by atoms with Crippen LogP contribution < -0.4 is 31.5 Å². The van der Waals surface area contributed by atoms with E-state index in [-0.39, 0.29) is 50.1 Å². The maximum atomic E-state index is 13.0. The van der Waals surface area contributed by atoms with Crippen LogP contribution in [0.3, 0.4) is 0 Å². The Morgan fingerprint density at radius 1 is 0.620 bits per heavy atom. The normalized spacial score (nSPS) is 14.4. The summed E-state index contributed by atoms with van der Waals surface area (Å²) < 4.78 is 31.0. The topological polar surface area (TPSA) is 273 Å². The summed E-state index contributed by atoms with van der Waals surface area (Å²) in [6, 6.07) is 16.5. The van der Waals surface area contributed by atoms with Gasteiger partial charge in [0.1, 0.15) is 71.8 Å². The number of rotatable bonds is 19. The van der Waals surface area contributed by atoms with Gasteiger partial charge in [0.05, 0.1) is 26.1 Å². The molecule has 2 atom stereocenters. The molecule has 22 nitrogen and oxygen atoms in total. The highest BCUT2D eigenvalue weighted by molar-refractivity contribution is 6.30. The number of aromatic nitrogens is 4. The summed E-state index contributed by atoms with van der Waals surface area (Å²) in [7, 11) is 2.86. The number of alkyl carbamates (subject to hydrolysis) is 2. The smallest absolute Gasteiger partial charge is 0.408 e. The van der Waals surface area contributed by atoms with E-state index < -0.39 is 47.4 Å². The molecule has 0 aliphatic carbocycles. The lowest BCUT2D eigenvalue weighted by molar-refractivity contribution is -0.158. The van der Waals surface area contributed by atoms with Gasteiger partial charge in [-0.25, -0.2) is 39.1 Å². The first-order chi connectivity index (χ1) is 37.6. The average molecular weight is 1120 g/mol. The van der Waals surface area contributed by atoms with E-state index in [0.29, 0.717) is 61.1 Å². The van der Waals surface area contributed by atoms with Crippen molar-refractivity contribution in [1.29, 1.82) is 0 Å². The van der Waals surface area contributed by atoms with Crippen LogP contribution in [-0.2, 0) is 73.7 Å². The van der Waals surface area contributed by atoms with Gasteiger partial charge < -0.3 is 59.9 Å². The molecule has 0 bridgehead atoms. The van der Waals surface area contributed by atoms with Gasteiger partial charge in [-0.3, -0.25) is 9.59 Å². The summed E-state index contributed by atoms with van der Waals surface area (Å²) >= 11 is 6.11. The molecule has 5 N–H and O–H groups in total. The molecule has 2 aliphatic heterocycles. The quantitative estimate of drug-likeness (QED) is 0.0348. The van der Waals surface area contributed by atoms with E-state index in [2.05, 4.69) is 56.2 Å². The molecule has 2 saturated heterocycles. The number of anilines is 3. The van der Waals surface area contributed by atoms with Gasteiger partial charge in [0.2, 0.25) is 0 Å². The second kappa shape index (κ2) is 32.5. The van der Waals surface area contributed by atoms with Crippen molar-refractivity contribution in [3.05, 3.63) is 101 Å². The number of carbonyl (C=O) groups is 6. The molecule has 2 aromatic heterocycles. The third-order valence-corrected chi connectivity index (χ3v) is 12.4. The predicted octanol–water partition coefficient (Wildman–Crippen LogP) is 7.38. The number of esters is 4. The molecule has 4 heterocycles. The monoisotopic (exact) mass is 1120 g/mol. The fourth-order valence-corrected chi connectivity index (χ4v) is 8.34. The molecule has 432 valence electrons. The summed E-state index contributed by atoms with van der Waals surface area (Å²) in [4.78, 5) is 92.4. The van der Waals surface area contributed by atoms with E-state index in [0.717, 1.165) is 48.4 Å². The number of piperidine rings is 2. The Balaban J connectivity index is 0.000000296. The van der Waals surface area contributed by atoms with Crippen molar-refractivity contribution >= 4 is 65.1 Å². The van der Waals surface area contributed by atoms with E-state index in [9.17, 15) is 28.8 Å². The van der Waals surface area contributed by atoms with Crippen molar-refractivity contribution in [3.63, 3.8) is 0 Å². The molecule has 6 rings (SSSR count). The lowest BCUT2D eigenvalue weighted by Gasteiger charge is -2.33. The van der Waals surface area contributed by atoms with Crippen LogP contribution in [0.15, 0.2) is 73.3 Å². The average Bonchev–Trinajstić information content (AvgIpc) is 3.46. The first-order valence-corrected chi connectivity index (χ1v) is 26.8. The minimum atomic E-state index is -1.02. The van der Waals surface area contributed by atoms with Crippen LogP contribution in [0.4, 0.5) is 27.0 Å².